The van der Waals surface area contributed by atoms with Crippen molar-refractivity contribution in [1.29, 1.82) is 0 Å². The number of likely N-dealkylation sites (tertiary alicyclic amines) is 1. The minimum absolute atomic E-state index is 0.213. The van der Waals surface area contributed by atoms with Crippen LogP contribution in [0.1, 0.15) is 23.2 Å². The smallest absolute Gasteiger partial charge is 0.261 e. The number of likely N-dealkylation sites (N-methyl/N-ethyl adjacent to an activating group) is 1. The third-order valence-electron chi connectivity index (χ3n) is 3.18. The quantitative estimate of drug-likeness (QED) is 0.742. The minimum Gasteiger partial charge on any atom is -0.347 e. The summed E-state index contributed by atoms with van der Waals surface area (Å²) in [4.78, 5) is 38.7. The normalized spacial score (nSPS) is 18.5. The number of benzene rings is 1. The van der Waals surface area contributed by atoms with Crippen LogP contribution >= 0.6 is 0 Å². The van der Waals surface area contributed by atoms with Gasteiger partial charge in [0, 0.05) is 26.1 Å². The molecule has 1 aromatic carbocycles. The fourth-order valence-electron chi connectivity index (χ4n) is 2.19. The van der Waals surface area contributed by atoms with E-state index < -0.39 is 11.9 Å². The number of hydrogen-bond acceptors (Lipinski definition) is 3. The molecular formula is C14H16N2O3. The number of amides is 3. The second kappa shape index (κ2) is 5.22. The molecule has 0 spiro atoms. The van der Waals surface area contributed by atoms with E-state index in [1.165, 1.54) is 4.90 Å². The minimum atomic E-state index is -0.671. The van der Waals surface area contributed by atoms with Crippen molar-refractivity contribution < 1.29 is 14.4 Å². The predicted octanol–water partition coefficient (Wildman–Crippen LogP) is 0.906. The van der Waals surface area contributed by atoms with Crippen molar-refractivity contribution in [2.24, 2.45) is 0 Å². The van der Waals surface area contributed by atoms with Gasteiger partial charge in [-0.3, -0.25) is 19.3 Å². The zero-order chi connectivity index (χ0) is 14.0. The molecule has 5 nitrogen and oxygen atoms in total. The van der Waals surface area contributed by atoms with Crippen LogP contribution in [0.4, 0.5) is 0 Å². The van der Waals surface area contributed by atoms with Crippen LogP contribution < -0.4 is 0 Å². The molecule has 100 valence electrons. The molecule has 0 N–H and O–H groups in total. The fraction of sp³-hybridized carbons (Fsp3) is 0.357. The highest BCUT2D eigenvalue weighted by Gasteiger charge is 2.41. The molecule has 1 fully saturated rings. The van der Waals surface area contributed by atoms with Crippen molar-refractivity contribution in [2.75, 3.05) is 14.1 Å². The Hall–Kier alpha value is -2.17. The van der Waals surface area contributed by atoms with Gasteiger partial charge >= 0.3 is 0 Å². The molecule has 1 heterocycles. The first-order chi connectivity index (χ1) is 9.02. The lowest BCUT2D eigenvalue weighted by Gasteiger charge is -2.24. The highest BCUT2D eigenvalue weighted by Crippen LogP contribution is 2.22. The number of rotatable bonds is 2. The van der Waals surface area contributed by atoms with Crippen LogP contribution in [0, 0.1) is 0 Å². The van der Waals surface area contributed by atoms with Gasteiger partial charge < -0.3 is 4.90 Å². The van der Waals surface area contributed by atoms with Gasteiger partial charge in [0.2, 0.25) is 11.8 Å². The first-order valence-corrected chi connectivity index (χ1v) is 6.15. The Morgan fingerprint density at radius 2 is 1.84 bits per heavy atom. The molecule has 19 heavy (non-hydrogen) atoms. The number of carbonyl (C=O) groups is 3. The zero-order valence-corrected chi connectivity index (χ0v) is 11.0. The Labute approximate surface area is 111 Å². The molecule has 1 aromatic rings. The van der Waals surface area contributed by atoms with Gasteiger partial charge in [0.25, 0.3) is 5.91 Å². The van der Waals surface area contributed by atoms with Gasteiger partial charge in [0.1, 0.15) is 6.04 Å². The van der Waals surface area contributed by atoms with Gasteiger partial charge in [0.15, 0.2) is 0 Å². The van der Waals surface area contributed by atoms with Crippen molar-refractivity contribution in [3.8, 4) is 0 Å². The van der Waals surface area contributed by atoms with Crippen molar-refractivity contribution in [1.82, 2.24) is 9.80 Å². The number of carbonyl (C=O) groups excluding carboxylic acids is 3. The molecule has 2 rings (SSSR count). The average molecular weight is 260 g/mol. The van der Waals surface area contributed by atoms with Gasteiger partial charge in [-0.15, -0.1) is 0 Å². The molecule has 1 aliphatic heterocycles. The average Bonchev–Trinajstić information content (AvgIpc) is 2.79. The monoisotopic (exact) mass is 260 g/mol. The van der Waals surface area contributed by atoms with Crippen LogP contribution in [0.15, 0.2) is 30.3 Å². The maximum atomic E-state index is 12.3. The predicted molar refractivity (Wildman–Crippen MR) is 69.3 cm³/mol. The summed E-state index contributed by atoms with van der Waals surface area (Å²) in [5.41, 5.74) is 0.425. The summed E-state index contributed by atoms with van der Waals surface area (Å²) in [6.45, 7) is 0. The van der Waals surface area contributed by atoms with Crippen LogP contribution in [0.2, 0.25) is 0 Å². The molecule has 0 aromatic heterocycles. The lowest BCUT2D eigenvalue weighted by Crippen LogP contribution is -2.47. The molecular weight excluding hydrogens is 244 g/mol. The van der Waals surface area contributed by atoms with E-state index in [2.05, 4.69) is 0 Å². The molecule has 0 unspecified atom stereocenters. The van der Waals surface area contributed by atoms with Gasteiger partial charge in [-0.2, -0.15) is 0 Å². The largest absolute Gasteiger partial charge is 0.347 e. The first-order valence-electron chi connectivity index (χ1n) is 6.15. The van der Waals surface area contributed by atoms with Crippen LogP contribution in [0.25, 0.3) is 0 Å². The van der Waals surface area contributed by atoms with Crippen molar-refractivity contribution in [2.45, 2.75) is 18.9 Å². The first kappa shape index (κ1) is 13.3. The maximum Gasteiger partial charge on any atom is 0.261 e. The maximum absolute atomic E-state index is 12.3. The molecule has 0 aliphatic carbocycles. The summed E-state index contributed by atoms with van der Waals surface area (Å²) in [6.07, 6.45) is 0.636. The SMILES string of the molecule is CN(C)C(=O)[C@@H]1CCC(=O)N1C(=O)c1ccccc1. The molecule has 0 radical (unpaired) electrons. The molecule has 3 amide bonds. The molecule has 0 bridgehead atoms. The molecule has 1 saturated heterocycles. The van der Waals surface area contributed by atoms with Crippen LogP contribution in [0.3, 0.4) is 0 Å². The Balaban J connectivity index is 2.28. The highest BCUT2D eigenvalue weighted by atomic mass is 16.2. The summed E-state index contributed by atoms with van der Waals surface area (Å²) >= 11 is 0. The third kappa shape index (κ3) is 2.50. The molecule has 1 atom stereocenters. The van der Waals surface area contributed by atoms with E-state index in [1.807, 2.05) is 0 Å². The lowest BCUT2D eigenvalue weighted by atomic mass is 10.1. The summed E-state index contributed by atoms with van der Waals surface area (Å²) < 4.78 is 0. The third-order valence-corrected chi connectivity index (χ3v) is 3.18. The highest BCUT2D eigenvalue weighted by molar-refractivity contribution is 6.09. The summed E-state index contributed by atoms with van der Waals surface area (Å²) in [5, 5.41) is 0. The van der Waals surface area contributed by atoms with Gasteiger partial charge in [-0.25, -0.2) is 0 Å². The Morgan fingerprint density at radius 1 is 1.21 bits per heavy atom. The van der Waals surface area contributed by atoms with Gasteiger partial charge in [-0.05, 0) is 18.6 Å². The number of hydrogen-bond donors (Lipinski definition) is 0. The standard InChI is InChI=1S/C14H16N2O3/c1-15(2)14(19)11-8-9-12(17)16(11)13(18)10-6-4-3-5-7-10/h3-7,11H,8-9H2,1-2H3/t11-/m0/s1. The van der Waals surface area contributed by atoms with Gasteiger partial charge in [-0.1, -0.05) is 18.2 Å². The van der Waals surface area contributed by atoms with Crippen molar-refractivity contribution in [3.05, 3.63) is 35.9 Å². The zero-order valence-electron chi connectivity index (χ0n) is 11.0. The van der Waals surface area contributed by atoms with Gasteiger partial charge in [0.05, 0.1) is 0 Å². The Bertz CT molecular complexity index is 511. The van der Waals surface area contributed by atoms with Crippen molar-refractivity contribution in [3.63, 3.8) is 0 Å². The summed E-state index contributed by atoms with van der Waals surface area (Å²) in [6, 6.07) is 7.88. The van der Waals surface area contributed by atoms with E-state index in [9.17, 15) is 14.4 Å². The fourth-order valence-corrected chi connectivity index (χ4v) is 2.19. The van der Waals surface area contributed by atoms with Crippen LogP contribution in [0.5, 0.6) is 0 Å². The number of imide groups is 1. The second-order valence-electron chi connectivity index (χ2n) is 4.72. The summed E-state index contributed by atoms with van der Waals surface area (Å²) in [7, 11) is 3.24. The van der Waals surface area contributed by atoms with Crippen molar-refractivity contribution >= 4 is 17.7 Å². The van der Waals surface area contributed by atoms with E-state index in [1.54, 1.807) is 44.4 Å². The number of nitrogens with zero attached hydrogens (tertiary/aromatic N) is 2. The van der Waals surface area contributed by atoms with E-state index in [-0.39, 0.29) is 18.2 Å². The Kier molecular flexibility index (Phi) is 3.64. The molecule has 1 aliphatic rings. The van der Waals surface area contributed by atoms with E-state index in [0.717, 1.165) is 4.90 Å². The van der Waals surface area contributed by atoms with Crippen LogP contribution in [-0.4, -0.2) is 47.7 Å². The van der Waals surface area contributed by atoms with E-state index >= 15 is 0 Å². The van der Waals surface area contributed by atoms with Crippen LogP contribution in [-0.2, 0) is 9.59 Å². The lowest BCUT2D eigenvalue weighted by molar-refractivity contribution is -0.137. The summed E-state index contributed by atoms with van der Waals surface area (Å²) in [5.74, 6) is -0.896. The molecule has 5 heteroatoms. The second-order valence-corrected chi connectivity index (χ2v) is 4.72. The van der Waals surface area contributed by atoms with E-state index in [4.69, 9.17) is 0 Å². The topological polar surface area (TPSA) is 57.7 Å². The van der Waals surface area contributed by atoms with E-state index in [0.29, 0.717) is 12.0 Å². The Morgan fingerprint density at radius 3 is 2.42 bits per heavy atom. The molecule has 0 saturated carbocycles.